The third-order valence-corrected chi connectivity index (χ3v) is 6.66. The van der Waals surface area contributed by atoms with Crippen LogP contribution in [0, 0.1) is 0 Å². The summed E-state index contributed by atoms with van der Waals surface area (Å²) in [7, 11) is 0. The number of nitrogens with zero attached hydrogens (tertiary/aromatic N) is 2. The second-order valence-corrected chi connectivity index (χ2v) is 8.55. The predicted molar refractivity (Wildman–Crippen MR) is 123 cm³/mol. The summed E-state index contributed by atoms with van der Waals surface area (Å²) in [4.78, 5) is 17.2. The summed E-state index contributed by atoms with van der Waals surface area (Å²) in [5, 5.41) is 25.7. The van der Waals surface area contributed by atoms with Gasteiger partial charge in [0.1, 0.15) is 0 Å². The number of para-hydroxylation sites is 1. The van der Waals surface area contributed by atoms with E-state index in [1.54, 1.807) is 24.4 Å². The van der Waals surface area contributed by atoms with Crippen LogP contribution in [0.4, 0.5) is 5.69 Å². The Labute approximate surface area is 188 Å². The van der Waals surface area contributed by atoms with Crippen LogP contribution in [0.5, 0.6) is 11.8 Å². The number of hydrogen-bond acceptors (Lipinski definition) is 4. The third kappa shape index (κ3) is 2.66. The molecule has 2 aromatic carbocycles. The number of fused-ring (bicyclic) bond motifs is 6. The number of aromatic nitrogens is 2. The lowest BCUT2D eigenvalue weighted by Crippen LogP contribution is -2.12. The van der Waals surface area contributed by atoms with E-state index in [0.717, 1.165) is 22.9 Å². The lowest BCUT2D eigenvalue weighted by Gasteiger charge is -2.13. The van der Waals surface area contributed by atoms with Crippen molar-refractivity contribution in [2.75, 3.05) is 5.32 Å². The molecule has 7 heteroatoms. The zero-order valence-corrected chi connectivity index (χ0v) is 17.5. The molecular formula is C25H18ClN3O3. The maximum absolute atomic E-state index is 12.9. The molecule has 0 spiro atoms. The Balaban J connectivity index is 1.34. The minimum Gasteiger partial charge on any atom is -0.494 e. The first-order valence-electron chi connectivity index (χ1n) is 10.3. The Kier molecular flexibility index (Phi) is 4.07. The van der Waals surface area contributed by atoms with Gasteiger partial charge >= 0.3 is 0 Å². The number of amides is 1. The molecule has 2 atom stereocenters. The second kappa shape index (κ2) is 6.87. The first-order valence-corrected chi connectivity index (χ1v) is 10.7. The highest BCUT2D eigenvalue weighted by Gasteiger charge is 2.41. The second-order valence-electron chi connectivity index (χ2n) is 8.14. The number of nitrogens with one attached hydrogen (secondary N) is 1. The van der Waals surface area contributed by atoms with Gasteiger partial charge in [-0.25, -0.2) is 4.57 Å². The van der Waals surface area contributed by atoms with Gasteiger partial charge in [0.15, 0.2) is 0 Å². The van der Waals surface area contributed by atoms with Crippen LogP contribution in [-0.2, 0) is 0 Å². The molecule has 2 aliphatic carbocycles. The van der Waals surface area contributed by atoms with Gasteiger partial charge < -0.3 is 15.5 Å². The van der Waals surface area contributed by atoms with Gasteiger partial charge in [0.25, 0.3) is 5.91 Å². The Hall–Kier alpha value is -3.77. The van der Waals surface area contributed by atoms with Crippen molar-refractivity contribution in [3.05, 3.63) is 88.6 Å². The molecule has 4 aromatic rings. The maximum Gasteiger partial charge on any atom is 0.255 e. The van der Waals surface area contributed by atoms with E-state index in [9.17, 15) is 15.0 Å². The number of allylic oxidation sites excluding steroid dienone is 2. The molecule has 6 nitrogen and oxygen atoms in total. The number of hydrogen-bond donors (Lipinski definition) is 3. The zero-order chi connectivity index (χ0) is 22.0. The van der Waals surface area contributed by atoms with Crippen LogP contribution in [0.1, 0.15) is 39.7 Å². The largest absolute Gasteiger partial charge is 0.494 e. The number of benzene rings is 2. The molecule has 0 fully saturated rings. The first kappa shape index (κ1) is 19.0. The van der Waals surface area contributed by atoms with E-state index in [4.69, 9.17) is 11.6 Å². The lowest BCUT2D eigenvalue weighted by molar-refractivity contribution is 0.102. The van der Waals surface area contributed by atoms with Crippen LogP contribution in [0.15, 0.2) is 66.9 Å². The molecule has 158 valence electrons. The van der Waals surface area contributed by atoms with Gasteiger partial charge in [-0.05, 0) is 36.8 Å². The Morgan fingerprint density at radius 3 is 2.47 bits per heavy atom. The highest BCUT2D eigenvalue weighted by molar-refractivity contribution is 6.33. The Morgan fingerprint density at radius 2 is 1.75 bits per heavy atom. The minimum absolute atomic E-state index is 0.00437. The highest BCUT2D eigenvalue weighted by atomic mass is 35.5. The fraction of sp³-hybridized carbons (Fsp3) is 0.120. The van der Waals surface area contributed by atoms with E-state index < -0.39 is 0 Å². The normalized spacial score (nSPS) is 18.3. The number of rotatable bonds is 3. The number of aromatic hydroxyl groups is 2. The fourth-order valence-corrected chi connectivity index (χ4v) is 5.16. The standard InChI is InChI=1S/C25H18ClN3O3/c26-17-12-16(23(30)28-18-5-1-3-13-4-2-10-27-22(13)18)8-9-19(17)29-24(31)20-14-6-7-15(11-14)21(20)25(29)32/h1-10,12,14-15,31-32H,11H2,(H,28,30)/t14-,15+. The average molecular weight is 444 g/mol. The quantitative estimate of drug-likeness (QED) is 0.366. The molecule has 0 unspecified atom stereocenters. The van der Waals surface area contributed by atoms with Gasteiger partial charge in [0.05, 0.1) is 21.9 Å². The van der Waals surface area contributed by atoms with E-state index in [1.807, 2.05) is 24.3 Å². The van der Waals surface area contributed by atoms with E-state index in [-0.39, 0.29) is 34.5 Å². The molecule has 0 radical (unpaired) electrons. The van der Waals surface area contributed by atoms with Gasteiger partial charge in [-0.2, -0.15) is 0 Å². The number of carbonyl (C=O) groups is 1. The van der Waals surface area contributed by atoms with Crippen LogP contribution in [0.25, 0.3) is 16.6 Å². The Bertz CT molecular complexity index is 1420. The molecule has 2 aromatic heterocycles. The maximum atomic E-state index is 12.9. The summed E-state index contributed by atoms with van der Waals surface area (Å²) in [5.74, 6) is -0.117. The van der Waals surface area contributed by atoms with Gasteiger partial charge in [-0.3, -0.25) is 9.78 Å². The van der Waals surface area contributed by atoms with Crippen molar-refractivity contribution in [2.24, 2.45) is 0 Å². The van der Waals surface area contributed by atoms with Crippen molar-refractivity contribution in [1.82, 2.24) is 9.55 Å². The minimum atomic E-state index is -0.331. The number of halogens is 1. The third-order valence-electron chi connectivity index (χ3n) is 6.35. The summed E-state index contributed by atoms with van der Waals surface area (Å²) >= 11 is 6.51. The van der Waals surface area contributed by atoms with Crippen molar-refractivity contribution in [3.8, 4) is 17.4 Å². The van der Waals surface area contributed by atoms with E-state index in [2.05, 4.69) is 22.5 Å². The molecular weight excluding hydrogens is 426 g/mol. The number of carbonyl (C=O) groups excluding carboxylic acids is 1. The van der Waals surface area contributed by atoms with Crippen molar-refractivity contribution in [2.45, 2.75) is 18.3 Å². The van der Waals surface area contributed by atoms with Gasteiger partial charge in [-0.1, -0.05) is 42.0 Å². The van der Waals surface area contributed by atoms with Crippen LogP contribution < -0.4 is 5.32 Å². The van der Waals surface area contributed by atoms with Crippen LogP contribution in [0.2, 0.25) is 5.02 Å². The van der Waals surface area contributed by atoms with E-state index in [1.165, 1.54) is 10.6 Å². The summed E-state index contributed by atoms with van der Waals surface area (Å²) in [6.45, 7) is 0. The van der Waals surface area contributed by atoms with Crippen molar-refractivity contribution >= 4 is 34.1 Å². The number of anilines is 1. The molecule has 3 N–H and O–H groups in total. The van der Waals surface area contributed by atoms with Crippen molar-refractivity contribution < 1.29 is 15.0 Å². The Morgan fingerprint density at radius 1 is 1.03 bits per heavy atom. The fourth-order valence-electron chi connectivity index (χ4n) is 4.90. The van der Waals surface area contributed by atoms with Gasteiger partial charge in [-0.15, -0.1) is 0 Å². The first-order chi connectivity index (χ1) is 15.5. The van der Waals surface area contributed by atoms with Crippen LogP contribution in [-0.4, -0.2) is 25.7 Å². The van der Waals surface area contributed by atoms with E-state index in [0.29, 0.717) is 22.5 Å². The summed E-state index contributed by atoms with van der Waals surface area (Å²) in [6.07, 6.45) is 6.68. The summed E-state index contributed by atoms with van der Waals surface area (Å²) in [5.41, 5.74) is 3.60. The highest BCUT2D eigenvalue weighted by Crippen LogP contribution is 2.57. The zero-order valence-electron chi connectivity index (χ0n) is 16.8. The smallest absolute Gasteiger partial charge is 0.255 e. The monoisotopic (exact) mass is 443 g/mol. The van der Waals surface area contributed by atoms with E-state index >= 15 is 0 Å². The van der Waals surface area contributed by atoms with Gasteiger partial charge in [0.2, 0.25) is 11.8 Å². The van der Waals surface area contributed by atoms with Crippen LogP contribution in [0.3, 0.4) is 0 Å². The lowest BCUT2D eigenvalue weighted by atomic mass is 10.0. The summed E-state index contributed by atoms with van der Waals surface area (Å²) < 4.78 is 1.36. The molecule has 32 heavy (non-hydrogen) atoms. The SMILES string of the molecule is O=C(Nc1cccc2cccnc12)c1ccc(-n2c(O)c3c(c2O)[C@H]2C=C[C@@H]3C2)c(Cl)c1. The average Bonchev–Trinajstić information content (AvgIpc) is 3.48. The topological polar surface area (TPSA) is 87.4 Å². The molecule has 2 heterocycles. The molecule has 2 aliphatic rings. The molecule has 0 aliphatic heterocycles. The molecule has 6 rings (SSSR count). The van der Waals surface area contributed by atoms with Gasteiger partial charge in [0, 0.05) is 40.1 Å². The van der Waals surface area contributed by atoms with Crippen molar-refractivity contribution in [1.29, 1.82) is 0 Å². The predicted octanol–water partition coefficient (Wildman–Crippen LogP) is 5.48. The number of pyridine rings is 1. The van der Waals surface area contributed by atoms with Crippen molar-refractivity contribution in [3.63, 3.8) is 0 Å². The molecule has 1 amide bonds. The molecule has 2 bridgehead atoms. The molecule has 0 saturated carbocycles. The summed E-state index contributed by atoms with van der Waals surface area (Å²) in [6, 6.07) is 14.1. The molecule has 0 saturated heterocycles. The van der Waals surface area contributed by atoms with Crippen LogP contribution >= 0.6 is 11.6 Å².